The normalized spacial score (nSPS) is 15.3. The molecule has 0 unspecified atom stereocenters. The number of piperidine rings is 1. The van der Waals surface area contributed by atoms with Crippen molar-refractivity contribution in [2.45, 2.75) is 25.9 Å². The molecule has 0 bridgehead atoms. The Labute approximate surface area is 151 Å². The van der Waals surface area contributed by atoms with Crippen LogP contribution in [0.2, 0.25) is 0 Å². The molecule has 0 spiro atoms. The van der Waals surface area contributed by atoms with E-state index in [0.29, 0.717) is 5.76 Å². The van der Waals surface area contributed by atoms with Crippen LogP contribution in [0.15, 0.2) is 10.6 Å². The number of alkyl halides is 3. The summed E-state index contributed by atoms with van der Waals surface area (Å²) in [6, 6.07) is 1.49. The van der Waals surface area contributed by atoms with Gasteiger partial charge in [0.15, 0.2) is 19.0 Å². The van der Waals surface area contributed by atoms with Gasteiger partial charge in [-0.2, -0.15) is 13.2 Å². The lowest BCUT2D eigenvalue weighted by atomic mass is 9.97. The number of nitrogens with zero attached hydrogens (tertiary/aromatic N) is 2. The predicted molar refractivity (Wildman–Crippen MR) is 82.5 cm³/mol. The minimum atomic E-state index is -4.59. The van der Waals surface area contributed by atoms with Crippen molar-refractivity contribution in [3.8, 4) is 0 Å². The molecule has 2 rings (SSSR count). The van der Waals surface area contributed by atoms with Gasteiger partial charge in [0, 0.05) is 19.2 Å². The number of carbonyl (C=O) groups excluding carboxylic acids is 3. The molecule has 0 aromatic carbocycles. The van der Waals surface area contributed by atoms with Crippen LogP contribution < -0.4 is 5.32 Å². The molecule has 0 atom stereocenters. The van der Waals surface area contributed by atoms with Gasteiger partial charge in [-0.25, -0.2) is 4.79 Å². The summed E-state index contributed by atoms with van der Waals surface area (Å²) >= 11 is 0. The first kappa shape index (κ1) is 20.5. The van der Waals surface area contributed by atoms with E-state index in [9.17, 15) is 27.6 Å². The highest BCUT2D eigenvalue weighted by Crippen LogP contribution is 2.21. The van der Waals surface area contributed by atoms with Crippen LogP contribution in [-0.2, 0) is 19.1 Å². The van der Waals surface area contributed by atoms with Gasteiger partial charge in [-0.05, 0) is 19.8 Å². The number of likely N-dealkylation sites (tertiary alicyclic amines) is 1. The van der Waals surface area contributed by atoms with Crippen LogP contribution >= 0.6 is 0 Å². The molecule has 1 aliphatic rings. The van der Waals surface area contributed by atoms with Crippen LogP contribution in [0.5, 0.6) is 0 Å². The Bertz CT molecular complexity index is 683. The number of rotatable bonds is 5. The molecule has 12 heteroatoms. The van der Waals surface area contributed by atoms with E-state index in [1.807, 2.05) is 0 Å². The lowest BCUT2D eigenvalue weighted by Crippen LogP contribution is -2.42. The Morgan fingerprint density at radius 3 is 2.52 bits per heavy atom. The first-order valence-electron chi connectivity index (χ1n) is 8.02. The van der Waals surface area contributed by atoms with Crippen molar-refractivity contribution in [2.24, 2.45) is 5.92 Å². The van der Waals surface area contributed by atoms with E-state index in [1.165, 1.54) is 6.07 Å². The maximum Gasteiger partial charge on any atom is 0.422 e. The van der Waals surface area contributed by atoms with Gasteiger partial charge in [-0.15, -0.1) is 0 Å². The van der Waals surface area contributed by atoms with Crippen LogP contribution in [0, 0.1) is 12.8 Å². The van der Waals surface area contributed by atoms with Gasteiger partial charge in [0.25, 0.3) is 5.91 Å². The van der Waals surface area contributed by atoms with Gasteiger partial charge in [-0.3, -0.25) is 9.59 Å². The second kappa shape index (κ2) is 8.73. The smallest absolute Gasteiger partial charge is 0.422 e. The number of esters is 1. The molecule has 0 aliphatic carbocycles. The maximum atomic E-state index is 12.0. The molecule has 1 N–H and O–H groups in total. The fourth-order valence-corrected chi connectivity index (χ4v) is 2.39. The first-order valence-corrected chi connectivity index (χ1v) is 8.02. The number of halogens is 3. The summed E-state index contributed by atoms with van der Waals surface area (Å²) in [4.78, 5) is 36.3. The molecule has 0 radical (unpaired) electrons. The van der Waals surface area contributed by atoms with Gasteiger partial charge in [0.05, 0.1) is 5.92 Å². The van der Waals surface area contributed by atoms with Crippen LogP contribution in [0.1, 0.15) is 18.6 Å². The standard InChI is InChI=1S/C15H18F3N3O6/c1-9-6-11(20-27-9)19-12(22)7-25-13(23)10-2-4-21(5-3-10)14(24)26-8-15(16,17)18/h6,10H,2-5,7-8H2,1H3,(H,19,20,22). The summed E-state index contributed by atoms with van der Waals surface area (Å²) in [5.74, 6) is -1.07. The lowest BCUT2D eigenvalue weighted by molar-refractivity contribution is -0.163. The fraction of sp³-hybridized carbons (Fsp3) is 0.600. The van der Waals surface area contributed by atoms with E-state index in [4.69, 9.17) is 9.26 Å². The Morgan fingerprint density at radius 1 is 1.30 bits per heavy atom. The van der Waals surface area contributed by atoms with Gasteiger partial charge in [0.2, 0.25) is 0 Å². The van der Waals surface area contributed by atoms with Crippen molar-refractivity contribution >= 4 is 23.8 Å². The van der Waals surface area contributed by atoms with E-state index >= 15 is 0 Å². The van der Waals surface area contributed by atoms with Crippen LogP contribution in [0.25, 0.3) is 0 Å². The fourth-order valence-electron chi connectivity index (χ4n) is 2.39. The van der Waals surface area contributed by atoms with Gasteiger partial charge in [0.1, 0.15) is 5.76 Å². The minimum absolute atomic E-state index is 0.0564. The zero-order chi connectivity index (χ0) is 20.0. The summed E-state index contributed by atoms with van der Waals surface area (Å²) in [5.41, 5.74) is 0. The van der Waals surface area contributed by atoms with Crippen molar-refractivity contribution < 1.29 is 41.6 Å². The Morgan fingerprint density at radius 2 is 1.96 bits per heavy atom. The summed E-state index contributed by atoms with van der Waals surface area (Å²) < 4.78 is 50.0. The molecule has 1 fully saturated rings. The number of hydrogen-bond acceptors (Lipinski definition) is 7. The summed E-state index contributed by atoms with van der Waals surface area (Å²) in [5, 5.41) is 5.95. The monoisotopic (exact) mass is 393 g/mol. The molecule has 1 saturated heterocycles. The second-order valence-electron chi connectivity index (χ2n) is 5.91. The Hall–Kier alpha value is -2.79. The zero-order valence-corrected chi connectivity index (χ0v) is 14.4. The zero-order valence-electron chi connectivity index (χ0n) is 14.4. The van der Waals surface area contributed by atoms with Gasteiger partial charge in [-0.1, -0.05) is 5.16 Å². The third kappa shape index (κ3) is 6.79. The average Bonchev–Trinajstić information content (AvgIpc) is 3.01. The number of nitrogens with one attached hydrogen (secondary N) is 1. The Balaban J connectivity index is 1.68. The van der Waals surface area contributed by atoms with E-state index in [0.717, 1.165) is 4.90 Å². The topological polar surface area (TPSA) is 111 Å². The highest BCUT2D eigenvalue weighted by molar-refractivity contribution is 5.92. The SMILES string of the molecule is Cc1cc(NC(=O)COC(=O)C2CCN(C(=O)OCC(F)(F)F)CC2)no1. The number of hydrogen-bond donors (Lipinski definition) is 1. The minimum Gasteiger partial charge on any atom is -0.455 e. The molecule has 0 saturated carbocycles. The quantitative estimate of drug-likeness (QED) is 0.761. The largest absolute Gasteiger partial charge is 0.455 e. The molecule has 9 nitrogen and oxygen atoms in total. The summed E-state index contributed by atoms with van der Waals surface area (Å²) in [7, 11) is 0. The molecule has 150 valence electrons. The summed E-state index contributed by atoms with van der Waals surface area (Å²) in [6.07, 6.45) is -5.28. The number of amides is 2. The van der Waals surface area contributed by atoms with E-state index in [1.54, 1.807) is 6.92 Å². The highest BCUT2D eigenvalue weighted by Gasteiger charge is 2.33. The molecule has 1 aliphatic heterocycles. The van der Waals surface area contributed by atoms with Crippen LogP contribution in [0.4, 0.5) is 23.8 Å². The molecule has 2 heterocycles. The first-order chi connectivity index (χ1) is 12.6. The van der Waals surface area contributed by atoms with Crippen molar-refractivity contribution in [3.05, 3.63) is 11.8 Å². The van der Waals surface area contributed by atoms with Crippen molar-refractivity contribution in [1.82, 2.24) is 10.1 Å². The number of ether oxygens (including phenoxy) is 2. The van der Waals surface area contributed by atoms with Gasteiger partial charge >= 0.3 is 18.2 Å². The number of anilines is 1. The van der Waals surface area contributed by atoms with Crippen molar-refractivity contribution in [3.63, 3.8) is 0 Å². The average molecular weight is 393 g/mol. The molecule has 2 amide bonds. The summed E-state index contributed by atoms with van der Waals surface area (Å²) in [6.45, 7) is -0.414. The van der Waals surface area contributed by atoms with E-state index in [-0.39, 0.29) is 31.7 Å². The number of carbonyl (C=O) groups is 3. The number of aromatic nitrogens is 1. The van der Waals surface area contributed by atoms with Crippen molar-refractivity contribution in [2.75, 3.05) is 31.6 Å². The third-order valence-electron chi connectivity index (χ3n) is 3.69. The molecular weight excluding hydrogens is 375 g/mol. The molecule has 27 heavy (non-hydrogen) atoms. The van der Waals surface area contributed by atoms with Crippen molar-refractivity contribution in [1.29, 1.82) is 0 Å². The second-order valence-corrected chi connectivity index (χ2v) is 5.91. The molecule has 1 aromatic rings. The lowest BCUT2D eigenvalue weighted by Gasteiger charge is -2.30. The Kier molecular flexibility index (Phi) is 6.64. The van der Waals surface area contributed by atoms with Crippen LogP contribution in [0.3, 0.4) is 0 Å². The highest BCUT2D eigenvalue weighted by atomic mass is 19.4. The van der Waals surface area contributed by atoms with E-state index in [2.05, 4.69) is 15.2 Å². The molecule has 1 aromatic heterocycles. The number of aryl methyl sites for hydroxylation is 1. The van der Waals surface area contributed by atoms with Gasteiger partial charge < -0.3 is 24.2 Å². The van der Waals surface area contributed by atoms with Crippen LogP contribution in [-0.4, -0.2) is 60.5 Å². The predicted octanol–water partition coefficient (Wildman–Crippen LogP) is 1.88. The van der Waals surface area contributed by atoms with E-state index < -0.39 is 43.3 Å². The third-order valence-corrected chi connectivity index (χ3v) is 3.69. The molecular formula is C15H18F3N3O6. The maximum absolute atomic E-state index is 12.0.